The van der Waals surface area contributed by atoms with Gasteiger partial charge in [0.25, 0.3) is 0 Å². The van der Waals surface area contributed by atoms with Gasteiger partial charge in [0.1, 0.15) is 17.7 Å². The predicted molar refractivity (Wildman–Crippen MR) is 67.7 cm³/mol. The second-order valence-electron chi connectivity index (χ2n) is 3.76. The van der Waals surface area contributed by atoms with Gasteiger partial charge in [-0.25, -0.2) is 9.97 Å². The van der Waals surface area contributed by atoms with Crippen molar-refractivity contribution in [3.8, 4) is 0 Å². The van der Waals surface area contributed by atoms with Crippen LogP contribution < -0.4 is 0 Å². The molecule has 3 heterocycles. The molecule has 0 saturated carbocycles. The second kappa shape index (κ2) is 4.33. The first-order valence-corrected chi connectivity index (χ1v) is 6.13. The summed E-state index contributed by atoms with van der Waals surface area (Å²) in [5.74, 6) is 0.975. The number of hydrogen-bond donors (Lipinski definition) is 1. The lowest BCUT2D eigenvalue weighted by atomic mass is 10.1. The van der Waals surface area contributed by atoms with Crippen molar-refractivity contribution in [2.24, 2.45) is 0 Å². The summed E-state index contributed by atoms with van der Waals surface area (Å²) in [6.07, 6.45) is 6.84. The molecule has 0 saturated heterocycles. The van der Waals surface area contributed by atoms with Crippen molar-refractivity contribution < 1.29 is 4.42 Å². The topological polar surface area (TPSA) is 54.7 Å². The molecule has 0 unspecified atom stereocenters. The number of hydrogen-bond acceptors (Lipinski definition) is 3. The van der Waals surface area contributed by atoms with E-state index in [0.717, 1.165) is 39.8 Å². The zero-order valence-corrected chi connectivity index (χ0v) is 10.6. The number of rotatable bonds is 3. The largest absolute Gasteiger partial charge is 0.469 e. The summed E-state index contributed by atoms with van der Waals surface area (Å²) in [6.45, 7) is 0. The number of aromatic nitrogens is 3. The maximum atomic E-state index is 5.32. The van der Waals surface area contributed by atoms with Gasteiger partial charge in [-0.15, -0.1) is 0 Å². The summed E-state index contributed by atoms with van der Waals surface area (Å²) in [7, 11) is 0. The Balaban J connectivity index is 1.92. The van der Waals surface area contributed by atoms with E-state index in [1.807, 2.05) is 18.3 Å². The molecule has 0 aromatic carbocycles. The smallest absolute Gasteiger partial charge is 0.142 e. The molecule has 86 valence electrons. The van der Waals surface area contributed by atoms with E-state index in [2.05, 4.69) is 30.9 Å². The Bertz CT molecular complexity index is 630. The molecule has 0 amide bonds. The molecule has 5 heteroatoms. The quantitative estimate of drug-likeness (QED) is 0.807. The molecule has 0 aliphatic carbocycles. The van der Waals surface area contributed by atoms with E-state index >= 15 is 0 Å². The van der Waals surface area contributed by atoms with Gasteiger partial charge in [0.15, 0.2) is 0 Å². The molecule has 1 N–H and O–H groups in total. The van der Waals surface area contributed by atoms with Gasteiger partial charge in [0, 0.05) is 17.1 Å². The number of nitrogens with one attached hydrogen (secondary N) is 1. The van der Waals surface area contributed by atoms with Gasteiger partial charge in [0.05, 0.1) is 17.3 Å². The first-order valence-electron chi connectivity index (χ1n) is 5.33. The fourth-order valence-electron chi connectivity index (χ4n) is 1.87. The maximum Gasteiger partial charge on any atom is 0.142 e. The summed E-state index contributed by atoms with van der Waals surface area (Å²) in [6, 6.07) is 3.88. The highest BCUT2D eigenvalue weighted by Crippen LogP contribution is 2.25. The molecule has 0 aliphatic rings. The van der Waals surface area contributed by atoms with E-state index in [4.69, 9.17) is 4.42 Å². The van der Waals surface area contributed by atoms with Crippen molar-refractivity contribution in [1.29, 1.82) is 0 Å². The molecule has 3 aromatic heterocycles. The van der Waals surface area contributed by atoms with Crippen molar-refractivity contribution in [3.05, 3.63) is 46.8 Å². The molecule has 0 spiro atoms. The van der Waals surface area contributed by atoms with Gasteiger partial charge in [-0.2, -0.15) is 0 Å². The number of aryl methyl sites for hydroxylation is 2. The average molecular weight is 292 g/mol. The minimum absolute atomic E-state index is 0.836. The SMILES string of the molecule is Brc1c[nH]c2ncnc(CCc3ccco3)c12. The average Bonchev–Trinajstić information content (AvgIpc) is 2.97. The summed E-state index contributed by atoms with van der Waals surface area (Å²) >= 11 is 3.50. The Hall–Kier alpha value is -1.62. The Kier molecular flexibility index (Phi) is 2.68. The Morgan fingerprint density at radius 3 is 3.06 bits per heavy atom. The van der Waals surface area contributed by atoms with Crippen LogP contribution in [0.25, 0.3) is 11.0 Å². The van der Waals surface area contributed by atoms with Crippen molar-refractivity contribution >= 4 is 27.0 Å². The van der Waals surface area contributed by atoms with Crippen LogP contribution in [-0.2, 0) is 12.8 Å². The van der Waals surface area contributed by atoms with Crippen molar-refractivity contribution in [1.82, 2.24) is 15.0 Å². The fourth-order valence-corrected chi connectivity index (χ4v) is 2.40. The Morgan fingerprint density at radius 2 is 2.24 bits per heavy atom. The monoisotopic (exact) mass is 291 g/mol. The molecular weight excluding hydrogens is 282 g/mol. The lowest BCUT2D eigenvalue weighted by Gasteiger charge is -2.01. The van der Waals surface area contributed by atoms with E-state index in [1.165, 1.54) is 0 Å². The zero-order valence-electron chi connectivity index (χ0n) is 8.98. The molecule has 0 radical (unpaired) electrons. The zero-order chi connectivity index (χ0) is 11.7. The van der Waals surface area contributed by atoms with E-state index in [-0.39, 0.29) is 0 Å². The van der Waals surface area contributed by atoms with Crippen LogP contribution >= 0.6 is 15.9 Å². The van der Waals surface area contributed by atoms with E-state index < -0.39 is 0 Å². The molecule has 4 nitrogen and oxygen atoms in total. The minimum Gasteiger partial charge on any atom is -0.469 e. The van der Waals surface area contributed by atoms with Gasteiger partial charge in [-0.05, 0) is 34.5 Å². The molecule has 3 rings (SSSR count). The number of aromatic amines is 1. The second-order valence-corrected chi connectivity index (χ2v) is 4.61. The number of H-pyrrole nitrogens is 1. The number of furan rings is 1. The number of halogens is 1. The summed E-state index contributed by atoms with van der Waals surface area (Å²) in [5, 5.41) is 1.05. The van der Waals surface area contributed by atoms with Crippen LogP contribution in [-0.4, -0.2) is 15.0 Å². The molecular formula is C12H10BrN3O. The summed E-state index contributed by atoms with van der Waals surface area (Å²) in [4.78, 5) is 11.6. The van der Waals surface area contributed by atoms with Crippen molar-refractivity contribution in [2.45, 2.75) is 12.8 Å². The maximum absolute atomic E-state index is 5.32. The molecule has 0 bridgehead atoms. The van der Waals surface area contributed by atoms with E-state index in [9.17, 15) is 0 Å². The summed E-state index contributed by atoms with van der Waals surface area (Å²) < 4.78 is 6.32. The molecule has 0 atom stereocenters. The minimum atomic E-state index is 0.836. The Labute approximate surface area is 106 Å². The van der Waals surface area contributed by atoms with Crippen LogP contribution in [0.1, 0.15) is 11.5 Å². The van der Waals surface area contributed by atoms with Gasteiger partial charge < -0.3 is 9.40 Å². The first kappa shape index (κ1) is 10.5. The molecule has 0 aliphatic heterocycles. The third-order valence-electron chi connectivity index (χ3n) is 2.69. The van der Waals surface area contributed by atoms with E-state index in [1.54, 1.807) is 12.6 Å². The normalized spacial score (nSPS) is 11.1. The Morgan fingerprint density at radius 1 is 1.29 bits per heavy atom. The lowest BCUT2D eigenvalue weighted by molar-refractivity contribution is 0.508. The highest BCUT2D eigenvalue weighted by Gasteiger charge is 2.09. The molecule has 17 heavy (non-hydrogen) atoms. The van der Waals surface area contributed by atoms with Gasteiger partial charge in [-0.3, -0.25) is 0 Å². The standard InChI is InChI=1S/C12H10BrN3O/c13-9-6-14-12-11(9)10(15-7-16-12)4-3-8-2-1-5-17-8/h1-2,5-7H,3-4H2,(H,14,15,16). The summed E-state index contributed by atoms with van der Waals surface area (Å²) in [5.41, 5.74) is 1.89. The number of nitrogens with zero attached hydrogens (tertiary/aromatic N) is 2. The van der Waals surface area contributed by atoms with E-state index in [0.29, 0.717) is 0 Å². The van der Waals surface area contributed by atoms with Gasteiger partial charge in [-0.1, -0.05) is 0 Å². The third-order valence-corrected chi connectivity index (χ3v) is 3.31. The van der Waals surface area contributed by atoms with Gasteiger partial charge in [0.2, 0.25) is 0 Å². The first-order chi connectivity index (χ1) is 8.34. The van der Waals surface area contributed by atoms with Crippen molar-refractivity contribution in [2.75, 3.05) is 0 Å². The van der Waals surface area contributed by atoms with Crippen LogP contribution in [0, 0.1) is 0 Å². The van der Waals surface area contributed by atoms with Crippen LogP contribution in [0.15, 0.2) is 39.8 Å². The number of fused-ring (bicyclic) bond motifs is 1. The lowest BCUT2D eigenvalue weighted by Crippen LogP contribution is -1.95. The van der Waals surface area contributed by atoms with Crippen LogP contribution in [0.2, 0.25) is 0 Å². The fraction of sp³-hybridized carbons (Fsp3) is 0.167. The molecule has 3 aromatic rings. The van der Waals surface area contributed by atoms with Gasteiger partial charge >= 0.3 is 0 Å². The van der Waals surface area contributed by atoms with Crippen LogP contribution in [0.3, 0.4) is 0 Å². The third kappa shape index (κ3) is 1.98. The highest BCUT2D eigenvalue weighted by molar-refractivity contribution is 9.10. The molecule has 0 fully saturated rings. The van der Waals surface area contributed by atoms with Crippen molar-refractivity contribution in [3.63, 3.8) is 0 Å². The highest BCUT2D eigenvalue weighted by atomic mass is 79.9. The predicted octanol–water partition coefficient (Wildman–Crippen LogP) is 3.10. The van der Waals surface area contributed by atoms with Crippen LogP contribution in [0.4, 0.5) is 0 Å². The van der Waals surface area contributed by atoms with Crippen LogP contribution in [0.5, 0.6) is 0 Å².